The van der Waals surface area contributed by atoms with Gasteiger partial charge in [0.15, 0.2) is 0 Å². The molecule has 0 unspecified atom stereocenters. The summed E-state index contributed by atoms with van der Waals surface area (Å²) < 4.78 is 13.8. The summed E-state index contributed by atoms with van der Waals surface area (Å²) >= 11 is 3.11. The molecule has 0 aliphatic rings. The van der Waals surface area contributed by atoms with Crippen molar-refractivity contribution in [3.63, 3.8) is 0 Å². The Morgan fingerprint density at radius 1 is 1.25 bits per heavy atom. The lowest BCUT2D eigenvalue weighted by molar-refractivity contribution is 0.633. The van der Waals surface area contributed by atoms with Crippen LogP contribution < -0.4 is 0 Å². The van der Waals surface area contributed by atoms with Crippen molar-refractivity contribution < 1.29 is 4.39 Å². The van der Waals surface area contributed by atoms with Crippen molar-refractivity contribution >= 4 is 26.7 Å². The lowest BCUT2D eigenvalue weighted by Gasteiger charge is -1.99. The minimum atomic E-state index is -0.249. The summed E-state index contributed by atoms with van der Waals surface area (Å²) in [6.07, 6.45) is 3.17. The van der Waals surface area contributed by atoms with Gasteiger partial charge in [-0.3, -0.25) is 4.98 Å². The predicted octanol–water partition coefficient (Wildman–Crippen LogP) is 3.14. The van der Waals surface area contributed by atoms with E-state index in [1.165, 1.54) is 6.20 Å². The number of benzene rings is 1. The highest BCUT2D eigenvalue weighted by molar-refractivity contribution is 9.10. The second-order valence-corrected chi connectivity index (χ2v) is 3.31. The molecule has 0 aliphatic carbocycles. The molecule has 0 saturated carbocycles. The number of aromatic nitrogens is 1. The van der Waals surface area contributed by atoms with Crippen molar-refractivity contribution in [2.45, 2.75) is 0 Å². The Morgan fingerprint density at radius 2 is 2.08 bits per heavy atom. The number of hydrogen-bond donors (Lipinski definition) is 0. The van der Waals surface area contributed by atoms with Crippen LogP contribution in [0.2, 0.25) is 0 Å². The summed E-state index contributed by atoms with van der Waals surface area (Å²) in [5.74, 6) is -0.249. The molecule has 0 aliphatic heterocycles. The van der Waals surface area contributed by atoms with E-state index in [1.54, 1.807) is 18.3 Å². The molecule has 0 spiro atoms. The summed E-state index contributed by atoms with van der Waals surface area (Å²) in [6.45, 7) is 0. The fourth-order valence-electron chi connectivity index (χ4n) is 1.10. The van der Waals surface area contributed by atoms with E-state index in [0.717, 1.165) is 5.39 Å². The predicted molar refractivity (Wildman–Crippen MR) is 49.4 cm³/mol. The zero-order valence-corrected chi connectivity index (χ0v) is 7.68. The van der Waals surface area contributed by atoms with Crippen LogP contribution >= 0.6 is 15.9 Å². The first-order valence-corrected chi connectivity index (χ1v) is 4.26. The second-order valence-electron chi connectivity index (χ2n) is 2.46. The van der Waals surface area contributed by atoms with Gasteiger partial charge in [0.1, 0.15) is 5.82 Å². The van der Waals surface area contributed by atoms with Gasteiger partial charge in [-0.2, -0.15) is 0 Å². The van der Waals surface area contributed by atoms with Crippen molar-refractivity contribution in [2.75, 3.05) is 0 Å². The van der Waals surface area contributed by atoms with Crippen LogP contribution in [0.5, 0.6) is 0 Å². The van der Waals surface area contributed by atoms with Gasteiger partial charge < -0.3 is 0 Å². The van der Waals surface area contributed by atoms with E-state index in [1.807, 2.05) is 6.07 Å². The van der Waals surface area contributed by atoms with Gasteiger partial charge in [-0.25, -0.2) is 4.39 Å². The van der Waals surface area contributed by atoms with E-state index >= 15 is 0 Å². The number of fused-ring (bicyclic) bond motifs is 1. The maximum atomic E-state index is 13.3. The molecular formula is C9H5BrFN. The molecule has 0 N–H and O–H groups in total. The van der Waals surface area contributed by atoms with E-state index in [9.17, 15) is 4.39 Å². The summed E-state index contributed by atoms with van der Waals surface area (Å²) in [7, 11) is 0. The van der Waals surface area contributed by atoms with Crippen LogP contribution in [0.3, 0.4) is 0 Å². The third-order valence-corrected chi connectivity index (χ3v) is 2.32. The van der Waals surface area contributed by atoms with Crippen molar-refractivity contribution in [3.05, 3.63) is 40.9 Å². The van der Waals surface area contributed by atoms with E-state index in [0.29, 0.717) is 9.86 Å². The quantitative estimate of drug-likeness (QED) is 0.672. The van der Waals surface area contributed by atoms with Crippen LogP contribution in [0.4, 0.5) is 4.39 Å². The van der Waals surface area contributed by atoms with Crippen LogP contribution in [0.15, 0.2) is 35.1 Å². The Bertz CT molecular complexity index is 428. The summed E-state index contributed by atoms with van der Waals surface area (Å²) in [5.41, 5.74) is 0. The highest BCUT2D eigenvalue weighted by Gasteiger charge is 2.03. The maximum absolute atomic E-state index is 13.3. The molecule has 0 fully saturated rings. The maximum Gasteiger partial charge on any atom is 0.146 e. The van der Waals surface area contributed by atoms with Gasteiger partial charge in [0.05, 0.1) is 4.47 Å². The Labute approximate surface area is 77.4 Å². The van der Waals surface area contributed by atoms with E-state index < -0.39 is 0 Å². The first kappa shape index (κ1) is 7.68. The molecule has 1 aromatic carbocycles. The SMILES string of the molecule is Fc1c(Br)ccc2ccncc12. The topological polar surface area (TPSA) is 12.9 Å². The molecule has 0 radical (unpaired) electrons. The zero-order valence-electron chi connectivity index (χ0n) is 6.09. The highest BCUT2D eigenvalue weighted by Crippen LogP contribution is 2.23. The smallest absolute Gasteiger partial charge is 0.146 e. The van der Waals surface area contributed by atoms with Crippen LogP contribution in [0.25, 0.3) is 10.8 Å². The number of rotatable bonds is 0. The fraction of sp³-hybridized carbons (Fsp3) is 0. The second kappa shape index (κ2) is 2.83. The van der Waals surface area contributed by atoms with Crippen LogP contribution in [0.1, 0.15) is 0 Å². The lowest BCUT2D eigenvalue weighted by atomic mass is 10.2. The molecule has 0 saturated heterocycles. The first-order chi connectivity index (χ1) is 5.79. The Morgan fingerprint density at radius 3 is 2.92 bits per heavy atom. The van der Waals surface area contributed by atoms with Crippen molar-refractivity contribution in [1.82, 2.24) is 4.98 Å². The highest BCUT2D eigenvalue weighted by atomic mass is 79.9. The molecule has 2 aromatic rings. The standard InChI is InChI=1S/C9H5BrFN/c10-8-2-1-6-3-4-12-5-7(6)9(8)11/h1-5H. The number of pyridine rings is 1. The third kappa shape index (κ3) is 1.10. The number of halogens is 2. The van der Waals surface area contributed by atoms with E-state index in [2.05, 4.69) is 20.9 Å². The molecule has 12 heavy (non-hydrogen) atoms. The summed E-state index contributed by atoms with van der Waals surface area (Å²) in [4.78, 5) is 3.85. The van der Waals surface area contributed by atoms with Gasteiger partial charge in [-0.1, -0.05) is 6.07 Å². The molecule has 1 aromatic heterocycles. The molecule has 1 nitrogen and oxygen atoms in total. The molecule has 2 rings (SSSR count). The summed E-state index contributed by atoms with van der Waals surface area (Å²) in [5, 5.41) is 1.41. The largest absolute Gasteiger partial charge is 0.264 e. The average molecular weight is 226 g/mol. The minimum Gasteiger partial charge on any atom is -0.264 e. The van der Waals surface area contributed by atoms with Gasteiger partial charge in [0, 0.05) is 17.8 Å². The van der Waals surface area contributed by atoms with E-state index in [4.69, 9.17) is 0 Å². The van der Waals surface area contributed by atoms with Crippen molar-refractivity contribution in [2.24, 2.45) is 0 Å². The molecule has 60 valence electrons. The number of nitrogens with zero attached hydrogens (tertiary/aromatic N) is 1. The fourth-order valence-corrected chi connectivity index (χ4v) is 1.44. The summed E-state index contributed by atoms with van der Waals surface area (Å²) in [6, 6.07) is 5.33. The van der Waals surface area contributed by atoms with Gasteiger partial charge >= 0.3 is 0 Å². The Hall–Kier alpha value is -0.960. The molecular weight excluding hydrogens is 221 g/mol. The monoisotopic (exact) mass is 225 g/mol. The molecule has 0 amide bonds. The van der Waals surface area contributed by atoms with Crippen molar-refractivity contribution in [3.8, 4) is 0 Å². The molecule has 1 heterocycles. The molecule has 3 heteroatoms. The van der Waals surface area contributed by atoms with Crippen LogP contribution in [-0.2, 0) is 0 Å². The first-order valence-electron chi connectivity index (χ1n) is 3.47. The molecule has 0 bridgehead atoms. The van der Waals surface area contributed by atoms with E-state index in [-0.39, 0.29) is 5.82 Å². The van der Waals surface area contributed by atoms with Gasteiger partial charge in [0.25, 0.3) is 0 Å². The normalized spacial score (nSPS) is 10.5. The minimum absolute atomic E-state index is 0.249. The third-order valence-electron chi connectivity index (χ3n) is 1.71. The van der Waals surface area contributed by atoms with Crippen LogP contribution in [0, 0.1) is 5.82 Å². The average Bonchev–Trinajstić information content (AvgIpc) is 2.12. The van der Waals surface area contributed by atoms with Crippen molar-refractivity contribution in [1.29, 1.82) is 0 Å². The zero-order chi connectivity index (χ0) is 8.55. The lowest BCUT2D eigenvalue weighted by Crippen LogP contribution is -1.82. The van der Waals surface area contributed by atoms with Gasteiger partial charge in [-0.15, -0.1) is 0 Å². The number of hydrogen-bond acceptors (Lipinski definition) is 1. The van der Waals surface area contributed by atoms with Crippen LogP contribution in [-0.4, -0.2) is 4.98 Å². The molecule has 0 atom stereocenters. The Balaban J connectivity index is 2.91. The van der Waals surface area contributed by atoms with Gasteiger partial charge in [0.2, 0.25) is 0 Å². The van der Waals surface area contributed by atoms with Gasteiger partial charge in [-0.05, 0) is 33.4 Å². The Kier molecular flexibility index (Phi) is 1.81.